The number of carbonyl (C=O) groups is 2. The predicted octanol–water partition coefficient (Wildman–Crippen LogP) is 2.90. The van der Waals surface area contributed by atoms with Gasteiger partial charge in [0.15, 0.2) is 0 Å². The van der Waals surface area contributed by atoms with Crippen LogP contribution in [0.1, 0.15) is 23.4 Å². The normalized spacial score (nSPS) is 18.2. The molecule has 31 heavy (non-hydrogen) atoms. The van der Waals surface area contributed by atoms with Crippen molar-refractivity contribution in [2.45, 2.75) is 38.5 Å². The molecule has 2 aromatic carbocycles. The molecule has 4 rings (SSSR count). The first-order chi connectivity index (χ1) is 15.0. The molecule has 1 amide bonds. The molecule has 160 valence electrons. The number of likely N-dealkylation sites (tertiary alicyclic amines) is 1. The lowest BCUT2D eigenvalue weighted by atomic mass is 10.0. The molecular weight excluding hydrogens is 396 g/mol. The fourth-order valence-corrected chi connectivity index (χ4v) is 3.74. The Bertz CT molecular complexity index is 1050. The van der Waals surface area contributed by atoms with Crippen molar-refractivity contribution >= 4 is 11.9 Å². The minimum absolute atomic E-state index is 0.0156. The quantitative estimate of drug-likeness (QED) is 0.617. The summed E-state index contributed by atoms with van der Waals surface area (Å²) in [5.41, 5.74) is 3.72. The lowest BCUT2D eigenvalue weighted by Gasteiger charge is -2.22. The average Bonchev–Trinajstić information content (AvgIpc) is 3.38. The van der Waals surface area contributed by atoms with E-state index in [1.807, 2.05) is 54.6 Å². The van der Waals surface area contributed by atoms with Gasteiger partial charge in [-0.3, -0.25) is 4.79 Å². The number of β-amino-alcohol motifs (C(OH)–C–C–N with tert-alkyl or cyclic N) is 1. The molecule has 2 heterocycles. The van der Waals surface area contributed by atoms with Crippen LogP contribution in [0.15, 0.2) is 65.2 Å². The number of benzene rings is 2. The molecule has 0 radical (unpaired) electrons. The van der Waals surface area contributed by atoms with Gasteiger partial charge in [0.1, 0.15) is 18.4 Å². The Kier molecular flexibility index (Phi) is 6.13. The van der Waals surface area contributed by atoms with Crippen molar-refractivity contribution in [2.75, 3.05) is 6.54 Å². The highest BCUT2D eigenvalue weighted by Gasteiger charge is 2.40. The third-order valence-electron chi connectivity index (χ3n) is 5.32. The Hall–Kier alpha value is -3.45. The summed E-state index contributed by atoms with van der Waals surface area (Å²) in [7, 11) is 0. The summed E-state index contributed by atoms with van der Waals surface area (Å²) in [5.74, 6) is -0.401. The van der Waals surface area contributed by atoms with E-state index in [2.05, 4.69) is 5.16 Å². The number of hydrogen-bond acceptors (Lipinski definition) is 6. The smallest absolute Gasteiger partial charge is 0.329 e. The maximum absolute atomic E-state index is 12.7. The number of rotatable bonds is 6. The third-order valence-corrected chi connectivity index (χ3v) is 5.32. The molecule has 1 fully saturated rings. The number of nitrogens with zero attached hydrogens (tertiary/aromatic N) is 2. The number of aliphatic hydroxyl groups excluding tert-OH is 1. The van der Waals surface area contributed by atoms with Gasteiger partial charge in [-0.15, -0.1) is 0 Å². The highest BCUT2D eigenvalue weighted by Crippen LogP contribution is 2.22. The lowest BCUT2D eigenvalue weighted by Crippen LogP contribution is -2.42. The van der Waals surface area contributed by atoms with Crippen molar-refractivity contribution in [1.82, 2.24) is 10.1 Å². The molecule has 1 aromatic heterocycles. The standard InChI is InChI=1S/C24H24N2O5/c1-16-11-21(31-25-16)13-23(28)26-14-20(27)12-22(26)24(29)30-15-17-7-9-19(10-8-17)18-5-3-2-4-6-18/h2-11,20,22,27H,12-15H2,1H3/t20-,22+/m1/s1. The van der Waals surface area contributed by atoms with Crippen LogP contribution in [-0.2, 0) is 27.4 Å². The van der Waals surface area contributed by atoms with Gasteiger partial charge in [0.05, 0.1) is 18.2 Å². The van der Waals surface area contributed by atoms with E-state index in [1.165, 1.54) is 4.90 Å². The Labute approximate surface area is 180 Å². The zero-order valence-corrected chi connectivity index (χ0v) is 17.2. The molecule has 1 N–H and O–H groups in total. The second-order valence-corrected chi connectivity index (χ2v) is 7.73. The average molecular weight is 420 g/mol. The van der Waals surface area contributed by atoms with Crippen LogP contribution in [0.3, 0.4) is 0 Å². The summed E-state index contributed by atoms with van der Waals surface area (Å²) in [6.07, 6.45) is -0.617. The van der Waals surface area contributed by atoms with Crippen molar-refractivity contribution in [3.63, 3.8) is 0 Å². The van der Waals surface area contributed by atoms with Crippen LogP contribution in [0, 0.1) is 6.92 Å². The van der Waals surface area contributed by atoms with E-state index in [1.54, 1.807) is 13.0 Å². The van der Waals surface area contributed by atoms with E-state index in [0.717, 1.165) is 16.7 Å². The lowest BCUT2D eigenvalue weighted by molar-refractivity contribution is -0.154. The Morgan fingerprint density at radius 3 is 2.52 bits per heavy atom. The van der Waals surface area contributed by atoms with Crippen LogP contribution in [-0.4, -0.2) is 45.7 Å². The van der Waals surface area contributed by atoms with Crippen LogP contribution in [0.4, 0.5) is 0 Å². The zero-order chi connectivity index (χ0) is 21.8. The Morgan fingerprint density at radius 1 is 1.13 bits per heavy atom. The Morgan fingerprint density at radius 2 is 1.84 bits per heavy atom. The van der Waals surface area contributed by atoms with E-state index in [9.17, 15) is 14.7 Å². The monoisotopic (exact) mass is 420 g/mol. The minimum Gasteiger partial charge on any atom is -0.459 e. The van der Waals surface area contributed by atoms with Gasteiger partial charge in [0, 0.05) is 19.0 Å². The molecule has 1 aliphatic rings. The van der Waals surface area contributed by atoms with E-state index in [-0.39, 0.29) is 31.9 Å². The number of esters is 1. The van der Waals surface area contributed by atoms with Crippen LogP contribution in [0.2, 0.25) is 0 Å². The molecule has 0 saturated carbocycles. The zero-order valence-electron chi connectivity index (χ0n) is 17.2. The molecule has 0 spiro atoms. The topological polar surface area (TPSA) is 92.9 Å². The summed E-state index contributed by atoms with van der Waals surface area (Å²) in [4.78, 5) is 26.7. The fraction of sp³-hybridized carbons (Fsp3) is 0.292. The maximum Gasteiger partial charge on any atom is 0.329 e. The molecule has 1 saturated heterocycles. The van der Waals surface area contributed by atoms with Crippen molar-refractivity contribution < 1.29 is 24.0 Å². The van der Waals surface area contributed by atoms with Crippen molar-refractivity contribution in [1.29, 1.82) is 0 Å². The number of aryl methyl sites for hydroxylation is 1. The van der Waals surface area contributed by atoms with Gasteiger partial charge in [-0.25, -0.2) is 4.79 Å². The highest BCUT2D eigenvalue weighted by molar-refractivity contribution is 5.86. The minimum atomic E-state index is -0.810. The molecule has 1 aliphatic heterocycles. The van der Waals surface area contributed by atoms with Crippen LogP contribution < -0.4 is 0 Å². The molecule has 2 atom stereocenters. The van der Waals surface area contributed by atoms with E-state index < -0.39 is 18.1 Å². The van der Waals surface area contributed by atoms with E-state index in [4.69, 9.17) is 9.26 Å². The third kappa shape index (κ3) is 5.00. The number of hydrogen-bond donors (Lipinski definition) is 1. The first-order valence-corrected chi connectivity index (χ1v) is 10.2. The Balaban J connectivity index is 1.36. The molecule has 7 heteroatoms. The van der Waals surface area contributed by atoms with Crippen LogP contribution in [0.5, 0.6) is 0 Å². The molecule has 0 unspecified atom stereocenters. The molecular formula is C24H24N2O5. The second-order valence-electron chi connectivity index (χ2n) is 7.73. The van der Waals surface area contributed by atoms with Gasteiger partial charge in [-0.1, -0.05) is 59.8 Å². The fourth-order valence-electron chi connectivity index (χ4n) is 3.74. The maximum atomic E-state index is 12.7. The van der Waals surface area contributed by atoms with E-state index in [0.29, 0.717) is 11.5 Å². The van der Waals surface area contributed by atoms with Gasteiger partial charge in [0.25, 0.3) is 0 Å². The highest BCUT2D eigenvalue weighted by atomic mass is 16.5. The van der Waals surface area contributed by atoms with Crippen molar-refractivity contribution in [3.05, 3.63) is 77.7 Å². The first-order valence-electron chi connectivity index (χ1n) is 10.2. The summed E-state index contributed by atoms with van der Waals surface area (Å²) in [5, 5.41) is 13.8. The van der Waals surface area contributed by atoms with Gasteiger partial charge >= 0.3 is 5.97 Å². The van der Waals surface area contributed by atoms with Crippen LogP contribution in [0.25, 0.3) is 11.1 Å². The number of carbonyl (C=O) groups excluding carboxylic acids is 2. The van der Waals surface area contributed by atoms with Crippen LogP contribution >= 0.6 is 0 Å². The number of amides is 1. The van der Waals surface area contributed by atoms with Crippen molar-refractivity contribution in [3.8, 4) is 11.1 Å². The number of aromatic nitrogens is 1. The van der Waals surface area contributed by atoms with Gasteiger partial charge in [0.2, 0.25) is 5.91 Å². The summed E-state index contributed by atoms with van der Waals surface area (Å²) >= 11 is 0. The molecule has 0 bridgehead atoms. The number of aliphatic hydroxyl groups is 1. The largest absolute Gasteiger partial charge is 0.459 e. The van der Waals surface area contributed by atoms with Crippen molar-refractivity contribution in [2.24, 2.45) is 0 Å². The second kappa shape index (κ2) is 9.14. The summed E-state index contributed by atoms with van der Waals surface area (Å²) < 4.78 is 10.5. The SMILES string of the molecule is Cc1cc(CC(=O)N2C[C@H](O)C[C@H]2C(=O)OCc2ccc(-c3ccccc3)cc2)on1. The molecule has 7 nitrogen and oxygen atoms in total. The molecule has 0 aliphatic carbocycles. The van der Waals surface area contributed by atoms with Gasteiger partial charge in [-0.05, 0) is 23.6 Å². The summed E-state index contributed by atoms with van der Waals surface area (Å²) in [6, 6.07) is 18.7. The number of ether oxygens (including phenoxy) is 1. The predicted molar refractivity (Wildman–Crippen MR) is 113 cm³/mol. The summed E-state index contributed by atoms with van der Waals surface area (Å²) in [6.45, 7) is 1.96. The van der Waals surface area contributed by atoms with Gasteiger partial charge < -0.3 is 19.3 Å². The first kappa shape index (κ1) is 20.8. The molecule has 3 aromatic rings. The van der Waals surface area contributed by atoms with Gasteiger partial charge in [-0.2, -0.15) is 0 Å². The van der Waals surface area contributed by atoms with E-state index >= 15 is 0 Å².